The van der Waals surface area contributed by atoms with Crippen molar-refractivity contribution in [2.75, 3.05) is 0 Å². The van der Waals surface area contributed by atoms with E-state index in [1.54, 1.807) is 0 Å². The van der Waals surface area contributed by atoms with Crippen LogP contribution in [0, 0.1) is 0 Å². The van der Waals surface area contributed by atoms with Gasteiger partial charge in [0.05, 0.1) is 0 Å². The van der Waals surface area contributed by atoms with E-state index < -0.39 is 22.3 Å². The maximum absolute atomic E-state index is 7.12. The highest BCUT2D eigenvalue weighted by Gasteiger charge is 2.77. The molecule has 0 radical (unpaired) electrons. The molecule has 6 unspecified atom stereocenters. The van der Waals surface area contributed by atoms with E-state index in [1.165, 1.54) is 0 Å². The van der Waals surface area contributed by atoms with Gasteiger partial charge in [-0.15, -0.1) is 0 Å². The Kier molecular flexibility index (Phi) is 17.9. The molecule has 8 heteroatoms. The van der Waals surface area contributed by atoms with Crippen molar-refractivity contribution < 1.29 is 26.6 Å². The summed E-state index contributed by atoms with van der Waals surface area (Å²) in [6, 6.07) is 0. The van der Waals surface area contributed by atoms with Gasteiger partial charge in [0.15, 0.2) is 0 Å². The van der Waals surface area contributed by atoms with Gasteiger partial charge in [0.2, 0.25) is 0 Å². The Morgan fingerprint density at radius 1 is 0.378 bits per heavy atom. The fourth-order valence-corrected chi connectivity index (χ4v) is 14.4. The molecule has 0 aromatic carbocycles. The first-order valence-electron chi connectivity index (χ1n) is 15.4. The third-order valence-electron chi connectivity index (χ3n) is 7.97. The first-order valence-corrected chi connectivity index (χ1v) is 18.9. The molecule has 0 aliphatic rings. The second kappa shape index (κ2) is 17.8. The van der Waals surface area contributed by atoms with E-state index in [4.69, 9.17) is 26.6 Å². The van der Waals surface area contributed by atoms with E-state index in [0.29, 0.717) is 0 Å². The minimum Gasteiger partial charge on any atom is -0.370 e. The van der Waals surface area contributed by atoms with Crippen LogP contribution in [-0.2, 0) is 26.6 Å². The summed E-state index contributed by atoms with van der Waals surface area (Å²) < 4.78 is 42.1. The second-order valence-electron chi connectivity index (χ2n) is 10.9. The van der Waals surface area contributed by atoms with Gasteiger partial charge < -0.3 is 26.6 Å². The van der Waals surface area contributed by atoms with Gasteiger partial charge in [-0.1, -0.05) is 55.4 Å². The fourth-order valence-electron chi connectivity index (χ4n) is 4.24. The van der Waals surface area contributed by atoms with Crippen LogP contribution in [0.2, 0.25) is 4.66 Å². The molecule has 0 rings (SSSR count). The highest BCUT2D eigenvalue weighted by atomic mass is 28.5. The Hall–Kier alpha value is 0.194. The van der Waals surface area contributed by atoms with Crippen molar-refractivity contribution in [3.8, 4) is 0 Å². The normalized spacial score (nSPS) is 20.9. The van der Waals surface area contributed by atoms with Crippen LogP contribution in [-0.4, -0.2) is 54.2 Å². The van der Waals surface area contributed by atoms with Crippen molar-refractivity contribution in [1.29, 1.82) is 0 Å². The summed E-state index contributed by atoms with van der Waals surface area (Å²) in [5.41, 5.74) is 0. The van der Waals surface area contributed by atoms with E-state index in [2.05, 4.69) is 96.9 Å². The van der Waals surface area contributed by atoms with Crippen molar-refractivity contribution in [3.05, 3.63) is 0 Å². The van der Waals surface area contributed by atoms with Gasteiger partial charge in [-0.05, 0) is 92.9 Å². The molecular formula is C29H64O6Si2. The quantitative estimate of drug-likeness (QED) is 0.122. The molecule has 0 N–H and O–H groups in total. The third kappa shape index (κ3) is 9.66. The van der Waals surface area contributed by atoms with E-state index in [0.717, 1.165) is 51.4 Å². The predicted molar refractivity (Wildman–Crippen MR) is 160 cm³/mol. The lowest BCUT2D eigenvalue weighted by Crippen LogP contribution is -2.73. The molecule has 0 aromatic rings. The summed E-state index contributed by atoms with van der Waals surface area (Å²) in [6.07, 6.45) is 6.49. The molecule has 0 saturated carbocycles. The largest absolute Gasteiger partial charge is 0.512 e. The van der Waals surface area contributed by atoms with Crippen molar-refractivity contribution in [1.82, 2.24) is 0 Å². The molecule has 6 atom stereocenters. The molecular weight excluding hydrogens is 500 g/mol. The lowest BCUT2D eigenvalue weighted by molar-refractivity contribution is -0.0608. The van der Waals surface area contributed by atoms with E-state index >= 15 is 0 Å². The Bertz CT molecular complexity index is 480. The van der Waals surface area contributed by atoms with E-state index in [9.17, 15) is 0 Å². The van der Waals surface area contributed by atoms with Crippen LogP contribution in [0.4, 0.5) is 0 Å². The molecule has 0 bridgehead atoms. The number of hydrogen-bond acceptors (Lipinski definition) is 6. The Labute approximate surface area is 233 Å². The summed E-state index contributed by atoms with van der Waals surface area (Å²) in [4.78, 5) is 0. The molecule has 0 aliphatic heterocycles. The average Bonchev–Trinajstić information content (AvgIpc) is 2.88. The molecule has 0 saturated heterocycles. The minimum absolute atomic E-state index is 0.0280. The lowest BCUT2D eigenvalue weighted by Gasteiger charge is -2.54. The maximum Gasteiger partial charge on any atom is 0.512 e. The smallest absolute Gasteiger partial charge is 0.370 e. The Balaban J connectivity index is 7.73. The highest BCUT2D eigenvalue weighted by molar-refractivity contribution is 6.85. The molecule has 0 fully saturated rings. The molecule has 0 heterocycles. The van der Waals surface area contributed by atoms with Crippen LogP contribution in [0.1, 0.15) is 148 Å². The van der Waals surface area contributed by atoms with Crippen LogP contribution >= 0.6 is 0 Å². The number of hydrogen-bond donors (Lipinski definition) is 0. The zero-order chi connectivity index (χ0) is 28.9. The van der Waals surface area contributed by atoms with E-state index in [1.807, 2.05) is 0 Å². The standard InChI is InChI=1S/C29H64O6Si2/c1-15-23(9)30-36(31-24(10)16-2,32-25(11)17-3)29(21-7,22-8)37(33-26(12)18-4,34-27(13)19-5)35-28(14)20-6/h23-28H,15-22H2,1-14H3. The van der Waals surface area contributed by atoms with Gasteiger partial charge >= 0.3 is 17.6 Å². The zero-order valence-electron chi connectivity index (χ0n) is 27.1. The monoisotopic (exact) mass is 564 g/mol. The Morgan fingerprint density at radius 2 is 0.541 bits per heavy atom. The summed E-state index contributed by atoms with van der Waals surface area (Å²) in [7, 11) is -7.03. The first kappa shape index (κ1) is 37.2. The van der Waals surface area contributed by atoms with E-state index in [-0.39, 0.29) is 36.6 Å². The lowest BCUT2D eigenvalue weighted by atomic mass is 10.2. The van der Waals surface area contributed by atoms with Crippen molar-refractivity contribution in [2.45, 2.75) is 190 Å². The molecule has 224 valence electrons. The molecule has 37 heavy (non-hydrogen) atoms. The minimum atomic E-state index is -3.51. The number of rotatable bonds is 22. The third-order valence-corrected chi connectivity index (χ3v) is 17.8. The average molecular weight is 565 g/mol. The highest BCUT2D eigenvalue weighted by Crippen LogP contribution is 2.57. The second-order valence-corrected chi connectivity index (χ2v) is 17.0. The van der Waals surface area contributed by atoms with Gasteiger partial charge in [-0.25, -0.2) is 0 Å². The molecule has 0 aromatic heterocycles. The summed E-state index contributed by atoms with van der Waals surface area (Å²) in [5, 5.41) is 0. The van der Waals surface area contributed by atoms with Crippen molar-refractivity contribution in [3.63, 3.8) is 0 Å². The van der Waals surface area contributed by atoms with Gasteiger partial charge in [0.25, 0.3) is 0 Å². The van der Waals surface area contributed by atoms with Crippen molar-refractivity contribution >= 4 is 17.6 Å². The summed E-state index contributed by atoms with van der Waals surface area (Å²) >= 11 is 0. The van der Waals surface area contributed by atoms with Crippen molar-refractivity contribution in [2.24, 2.45) is 0 Å². The molecule has 0 spiro atoms. The van der Waals surface area contributed by atoms with Gasteiger partial charge in [-0.3, -0.25) is 0 Å². The van der Waals surface area contributed by atoms with Crippen LogP contribution in [0.25, 0.3) is 0 Å². The molecule has 6 nitrogen and oxygen atoms in total. The first-order chi connectivity index (χ1) is 17.3. The zero-order valence-corrected chi connectivity index (χ0v) is 29.1. The Morgan fingerprint density at radius 3 is 0.649 bits per heavy atom. The van der Waals surface area contributed by atoms with Gasteiger partial charge in [0, 0.05) is 36.6 Å². The van der Waals surface area contributed by atoms with Crippen LogP contribution in [0.5, 0.6) is 0 Å². The maximum atomic E-state index is 7.12. The van der Waals surface area contributed by atoms with Crippen LogP contribution in [0.15, 0.2) is 0 Å². The SMILES string of the molecule is CCC(C)O[Si](OC(C)CC)(OC(C)CC)C(CC)(CC)[Si](OC(C)CC)(OC(C)CC)OC(C)CC. The predicted octanol–water partition coefficient (Wildman–Crippen LogP) is 8.85. The summed E-state index contributed by atoms with van der Waals surface area (Å²) in [5.74, 6) is 0. The van der Waals surface area contributed by atoms with Crippen LogP contribution < -0.4 is 0 Å². The molecule has 0 aliphatic carbocycles. The van der Waals surface area contributed by atoms with Gasteiger partial charge in [0.1, 0.15) is 4.66 Å². The fraction of sp³-hybridized carbons (Fsp3) is 1.00. The molecule has 0 amide bonds. The topological polar surface area (TPSA) is 55.4 Å². The van der Waals surface area contributed by atoms with Gasteiger partial charge in [-0.2, -0.15) is 0 Å². The van der Waals surface area contributed by atoms with Crippen LogP contribution in [0.3, 0.4) is 0 Å². The summed E-state index contributed by atoms with van der Waals surface area (Å²) in [6.45, 7) is 30.1.